The van der Waals surface area contributed by atoms with Gasteiger partial charge in [0.25, 0.3) is 11.6 Å². The van der Waals surface area contributed by atoms with Crippen LogP contribution in [0.5, 0.6) is 0 Å². The van der Waals surface area contributed by atoms with Crippen LogP contribution in [0.25, 0.3) is 0 Å². The van der Waals surface area contributed by atoms with Crippen molar-refractivity contribution in [2.45, 2.75) is 38.8 Å². The second-order valence-corrected chi connectivity index (χ2v) is 7.37. The Morgan fingerprint density at radius 2 is 2.07 bits per heavy atom. The number of aromatic nitrogens is 2. The van der Waals surface area contributed by atoms with Crippen LogP contribution in [-0.4, -0.2) is 20.6 Å². The van der Waals surface area contributed by atoms with E-state index in [-0.39, 0.29) is 17.6 Å². The van der Waals surface area contributed by atoms with E-state index >= 15 is 0 Å². The summed E-state index contributed by atoms with van der Waals surface area (Å²) < 4.78 is 2.01. The van der Waals surface area contributed by atoms with Crippen LogP contribution < -0.4 is 5.32 Å². The van der Waals surface area contributed by atoms with E-state index in [1.807, 2.05) is 29.1 Å². The lowest BCUT2D eigenvalue weighted by Crippen LogP contribution is -2.31. The highest BCUT2D eigenvalue weighted by molar-refractivity contribution is 5.95. The molecule has 29 heavy (non-hydrogen) atoms. The van der Waals surface area contributed by atoms with Crippen molar-refractivity contribution in [3.63, 3.8) is 0 Å². The lowest BCUT2D eigenvalue weighted by Gasteiger charge is -2.24. The summed E-state index contributed by atoms with van der Waals surface area (Å²) in [5.74, 6) is -0.225. The minimum atomic E-state index is -0.439. The van der Waals surface area contributed by atoms with Gasteiger partial charge in [0, 0.05) is 28.5 Å². The van der Waals surface area contributed by atoms with Gasteiger partial charge in [-0.05, 0) is 43.9 Å². The van der Waals surface area contributed by atoms with E-state index in [2.05, 4.69) is 22.5 Å². The molecule has 2 aromatic carbocycles. The molecule has 1 heterocycles. The summed E-state index contributed by atoms with van der Waals surface area (Å²) in [4.78, 5) is 23.3. The molecule has 0 bridgehead atoms. The SMILES string of the molecule is Cc1cc(C(=O)NC2CCCc3c2cnn3Cc2ccccc2)ccc1[N+](=O)[O-]. The fraction of sp³-hybridized carbons (Fsp3) is 0.273. The molecule has 0 saturated carbocycles. The largest absolute Gasteiger partial charge is 0.345 e. The maximum Gasteiger partial charge on any atom is 0.272 e. The van der Waals surface area contributed by atoms with Gasteiger partial charge >= 0.3 is 0 Å². The number of nitrogens with one attached hydrogen (secondary N) is 1. The van der Waals surface area contributed by atoms with E-state index in [1.54, 1.807) is 13.0 Å². The smallest absolute Gasteiger partial charge is 0.272 e. The van der Waals surface area contributed by atoms with Gasteiger partial charge in [0.2, 0.25) is 0 Å². The number of nitrogens with zero attached hydrogens (tertiary/aromatic N) is 3. The molecule has 1 unspecified atom stereocenters. The lowest BCUT2D eigenvalue weighted by molar-refractivity contribution is -0.385. The minimum absolute atomic E-state index is 0.0173. The second-order valence-electron chi connectivity index (χ2n) is 7.37. The highest BCUT2D eigenvalue weighted by atomic mass is 16.6. The van der Waals surface area contributed by atoms with Gasteiger partial charge in [0.1, 0.15) is 0 Å². The monoisotopic (exact) mass is 390 g/mol. The predicted octanol–water partition coefficient (Wildman–Crippen LogP) is 3.96. The van der Waals surface area contributed by atoms with Gasteiger partial charge < -0.3 is 5.32 Å². The number of hydrogen-bond donors (Lipinski definition) is 1. The number of nitro benzene ring substituents is 1. The van der Waals surface area contributed by atoms with Gasteiger partial charge in [0.15, 0.2) is 0 Å². The zero-order valence-corrected chi connectivity index (χ0v) is 16.2. The van der Waals surface area contributed by atoms with Crippen LogP contribution in [0.4, 0.5) is 5.69 Å². The maximum absolute atomic E-state index is 12.7. The van der Waals surface area contributed by atoms with Crippen LogP contribution in [0.1, 0.15) is 51.6 Å². The molecule has 7 heteroatoms. The summed E-state index contributed by atoms with van der Waals surface area (Å²) in [6.45, 7) is 2.35. The number of rotatable bonds is 5. The number of carbonyl (C=O) groups is 1. The second kappa shape index (κ2) is 7.87. The van der Waals surface area contributed by atoms with Crippen molar-refractivity contribution in [1.82, 2.24) is 15.1 Å². The average Bonchev–Trinajstić information content (AvgIpc) is 3.12. The number of amides is 1. The fourth-order valence-electron chi connectivity index (χ4n) is 3.90. The molecule has 1 atom stereocenters. The molecule has 0 saturated heterocycles. The van der Waals surface area contributed by atoms with Crippen molar-refractivity contribution in [1.29, 1.82) is 0 Å². The number of carbonyl (C=O) groups excluding carboxylic acids is 1. The van der Waals surface area contributed by atoms with Gasteiger partial charge in [-0.25, -0.2) is 0 Å². The molecule has 0 radical (unpaired) electrons. The lowest BCUT2D eigenvalue weighted by atomic mass is 9.92. The molecule has 0 aliphatic heterocycles. The zero-order valence-electron chi connectivity index (χ0n) is 16.2. The minimum Gasteiger partial charge on any atom is -0.345 e. The normalized spacial score (nSPS) is 15.6. The Morgan fingerprint density at radius 1 is 1.28 bits per heavy atom. The van der Waals surface area contributed by atoms with Gasteiger partial charge in [0.05, 0.1) is 23.7 Å². The van der Waals surface area contributed by atoms with Crippen molar-refractivity contribution in [2.24, 2.45) is 0 Å². The summed E-state index contributed by atoms with van der Waals surface area (Å²) in [7, 11) is 0. The van der Waals surface area contributed by atoms with Crippen LogP contribution in [0.15, 0.2) is 54.7 Å². The van der Waals surface area contributed by atoms with Crippen molar-refractivity contribution < 1.29 is 9.72 Å². The van der Waals surface area contributed by atoms with E-state index in [0.29, 0.717) is 17.7 Å². The van der Waals surface area contributed by atoms with Crippen LogP contribution >= 0.6 is 0 Å². The van der Waals surface area contributed by atoms with Crippen molar-refractivity contribution in [3.05, 3.63) is 92.8 Å². The number of benzene rings is 2. The predicted molar refractivity (Wildman–Crippen MR) is 109 cm³/mol. The Morgan fingerprint density at radius 3 is 2.79 bits per heavy atom. The third-order valence-corrected chi connectivity index (χ3v) is 5.40. The standard InChI is InChI=1S/C22H22N4O3/c1-15-12-17(10-11-20(15)26(28)29)22(27)24-19-8-5-9-21-18(19)13-23-25(21)14-16-6-3-2-4-7-16/h2-4,6-7,10-13,19H,5,8-9,14H2,1H3,(H,24,27). The Balaban J connectivity index is 1.52. The number of hydrogen-bond acceptors (Lipinski definition) is 4. The number of nitro groups is 1. The van der Waals surface area contributed by atoms with Gasteiger partial charge in [-0.2, -0.15) is 5.10 Å². The molecule has 0 fully saturated rings. The Kier molecular flexibility index (Phi) is 5.12. The summed E-state index contributed by atoms with van der Waals surface area (Å²) in [5, 5.41) is 18.6. The molecule has 7 nitrogen and oxygen atoms in total. The van der Waals surface area contributed by atoms with Crippen molar-refractivity contribution in [2.75, 3.05) is 0 Å². The van der Waals surface area contributed by atoms with E-state index < -0.39 is 4.92 Å². The molecule has 1 aliphatic carbocycles. The molecule has 1 amide bonds. The quantitative estimate of drug-likeness (QED) is 0.527. The first-order valence-corrected chi connectivity index (χ1v) is 9.67. The maximum atomic E-state index is 12.7. The molecule has 3 aromatic rings. The summed E-state index contributed by atoms with van der Waals surface area (Å²) in [6.07, 6.45) is 4.61. The molecular formula is C22H22N4O3. The van der Waals surface area contributed by atoms with Crippen LogP contribution in [-0.2, 0) is 13.0 Å². The molecule has 1 aromatic heterocycles. The molecular weight excluding hydrogens is 368 g/mol. The van der Waals surface area contributed by atoms with Gasteiger partial charge in [-0.15, -0.1) is 0 Å². The highest BCUT2D eigenvalue weighted by Crippen LogP contribution is 2.30. The van der Waals surface area contributed by atoms with Crippen LogP contribution in [0.2, 0.25) is 0 Å². The summed E-state index contributed by atoms with van der Waals surface area (Å²) in [5.41, 5.74) is 4.32. The van der Waals surface area contributed by atoms with Crippen LogP contribution in [0.3, 0.4) is 0 Å². The Labute approximate surface area is 168 Å². The van der Waals surface area contributed by atoms with Crippen molar-refractivity contribution in [3.8, 4) is 0 Å². The molecule has 1 aliphatic rings. The van der Waals surface area contributed by atoms with E-state index in [1.165, 1.54) is 17.7 Å². The highest BCUT2D eigenvalue weighted by Gasteiger charge is 2.26. The zero-order chi connectivity index (χ0) is 20.4. The van der Waals surface area contributed by atoms with E-state index in [9.17, 15) is 14.9 Å². The fourth-order valence-corrected chi connectivity index (χ4v) is 3.90. The number of fused-ring (bicyclic) bond motifs is 1. The third kappa shape index (κ3) is 3.89. The molecule has 4 rings (SSSR count). The average molecular weight is 390 g/mol. The first kappa shape index (κ1) is 18.9. The van der Waals surface area contributed by atoms with Gasteiger partial charge in [-0.3, -0.25) is 19.6 Å². The van der Waals surface area contributed by atoms with Gasteiger partial charge in [-0.1, -0.05) is 30.3 Å². The van der Waals surface area contributed by atoms with Crippen molar-refractivity contribution >= 4 is 11.6 Å². The van der Waals surface area contributed by atoms with Crippen LogP contribution in [0, 0.1) is 17.0 Å². The Hall–Kier alpha value is -3.48. The molecule has 148 valence electrons. The first-order valence-electron chi connectivity index (χ1n) is 9.67. The van der Waals surface area contributed by atoms with E-state index in [4.69, 9.17) is 0 Å². The van der Waals surface area contributed by atoms with E-state index in [0.717, 1.165) is 30.5 Å². The molecule has 1 N–H and O–H groups in total. The summed E-state index contributed by atoms with van der Waals surface area (Å²) >= 11 is 0. The summed E-state index contributed by atoms with van der Waals surface area (Å²) in [6, 6.07) is 14.5. The molecule has 0 spiro atoms. The first-order chi connectivity index (χ1) is 14.0. The topological polar surface area (TPSA) is 90.1 Å². The third-order valence-electron chi connectivity index (χ3n) is 5.40. The Bertz CT molecular complexity index is 1060. The number of aryl methyl sites for hydroxylation is 1.